The van der Waals surface area contributed by atoms with Crippen LogP contribution in [-0.4, -0.2) is 22.3 Å². The Labute approximate surface area is 102 Å². The van der Waals surface area contributed by atoms with Crippen molar-refractivity contribution >= 4 is 21.2 Å². The molecular formula is C12H17NO3S. The number of rotatable bonds is 3. The monoisotopic (exact) mass is 255 g/mol. The van der Waals surface area contributed by atoms with Crippen LogP contribution < -0.4 is 4.72 Å². The van der Waals surface area contributed by atoms with Gasteiger partial charge >= 0.3 is 6.09 Å². The van der Waals surface area contributed by atoms with Crippen molar-refractivity contribution in [2.24, 2.45) is 0 Å². The highest BCUT2D eigenvalue weighted by Crippen LogP contribution is 2.11. The van der Waals surface area contributed by atoms with E-state index in [2.05, 4.69) is 4.72 Å². The molecule has 0 saturated heterocycles. The normalized spacial score (nSPS) is 13.6. The predicted octanol–water partition coefficient (Wildman–Crippen LogP) is 2.12. The summed E-state index contributed by atoms with van der Waals surface area (Å²) in [6, 6.07) is 7.22. The SMILES string of the molecule is CC=S(=O)(NC(=O)OCC)c1cccc(C)c1. The third kappa shape index (κ3) is 3.49. The molecule has 0 fully saturated rings. The fraction of sp³-hybridized carbons (Fsp3) is 0.333. The van der Waals surface area contributed by atoms with E-state index in [4.69, 9.17) is 4.74 Å². The van der Waals surface area contributed by atoms with E-state index >= 15 is 0 Å². The third-order valence-corrected chi connectivity index (χ3v) is 4.27. The zero-order valence-corrected chi connectivity index (χ0v) is 11.0. The standard InChI is InChI=1S/C12H17NO3S/c1-4-16-12(14)13-17(15,5-2)11-8-6-7-10(3)9-11/h5-9H,4H2,1-3H3,(H,13,14,15). The van der Waals surface area contributed by atoms with Crippen LogP contribution in [0.2, 0.25) is 0 Å². The van der Waals surface area contributed by atoms with E-state index in [1.165, 1.54) is 5.37 Å². The van der Waals surface area contributed by atoms with Gasteiger partial charge in [0.15, 0.2) is 0 Å². The quantitative estimate of drug-likeness (QED) is 0.842. The van der Waals surface area contributed by atoms with Gasteiger partial charge in [0.2, 0.25) is 0 Å². The molecule has 0 saturated carbocycles. The molecule has 0 heterocycles. The van der Waals surface area contributed by atoms with Crippen molar-refractivity contribution in [3.8, 4) is 0 Å². The van der Waals surface area contributed by atoms with E-state index in [-0.39, 0.29) is 6.61 Å². The molecule has 1 aromatic rings. The van der Waals surface area contributed by atoms with Crippen LogP contribution in [0.5, 0.6) is 0 Å². The van der Waals surface area contributed by atoms with Gasteiger partial charge in [-0.25, -0.2) is 13.7 Å². The Balaban J connectivity index is 3.06. The summed E-state index contributed by atoms with van der Waals surface area (Å²) in [5.41, 5.74) is 0.989. The first-order valence-electron chi connectivity index (χ1n) is 5.36. The minimum absolute atomic E-state index is 0.249. The minimum Gasteiger partial charge on any atom is -0.449 e. The Morgan fingerprint density at radius 3 is 2.76 bits per heavy atom. The topological polar surface area (TPSA) is 55.4 Å². The van der Waals surface area contributed by atoms with Gasteiger partial charge in [-0.05, 0) is 43.8 Å². The van der Waals surface area contributed by atoms with Crippen molar-refractivity contribution < 1.29 is 13.7 Å². The summed E-state index contributed by atoms with van der Waals surface area (Å²) >= 11 is 0. The van der Waals surface area contributed by atoms with Gasteiger partial charge in [0.25, 0.3) is 0 Å². The predicted molar refractivity (Wildman–Crippen MR) is 69.5 cm³/mol. The van der Waals surface area contributed by atoms with Crippen LogP contribution in [0.3, 0.4) is 0 Å². The van der Waals surface area contributed by atoms with Crippen LogP contribution in [0.4, 0.5) is 4.79 Å². The Kier molecular flexibility index (Phi) is 4.57. The molecule has 5 heteroatoms. The van der Waals surface area contributed by atoms with Gasteiger partial charge < -0.3 is 4.74 Å². The first-order valence-corrected chi connectivity index (χ1v) is 6.98. The molecule has 0 bridgehead atoms. The number of carbonyl (C=O) groups is 1. The van der Waals surface area contributed by atoms with E-state index in [0.29, 0.717) is 4.90 Å². The average molecular weight is 255 g/mol. The second-order valence-corrected chi connectivity index (χ2v) is 5.82. The third-order valence-electron chi connectivity index (χ3n) is 2.18. The lowest BCUT2D eigenvalue weighted by molar-refractivity contribution is 0.159. The van der Waals surface area contributed by atoms with Crippen molar-refractivity contribution in [3.63, 3.8) is 0 Å². The van der Waals surface area contributed by atoms with Crippen LogP contribution in [0, 0.1) is 6.92 Å². The number of ether oxygens (including phenoxy) is 1. The molecular weight excluding hydrogens is 238 g/mol. The molecule has 1 atom stereocenters. The highest BCUT2D eigenvalue weighted by Gasteiger charge is 2.13. The van der Waals surface area contributed by atoms with Crippen LogP contribution >= 0.6 is 0 Å². The lowest BCUT2D eigenvalue weighted by Gasteiger charge is -2.13. The molecule has 0 aromatic heterocycles. The lowest BCUT2D eigenvalue weighted by atomic mass is 10.2. The van der Waals surface area contributed by atoms with E-state index < -0.39 is 15.8 Å². The number of aryl methyl sites for hydroxylation is 1. The van der Waals surface area contributed by atoms with Gasteiger partial charge in [0, 0.05) is 0 Å². The summed E-state index contributed by atoms with van der Waals surface area (Å²) in [6.07, 6.45) is -0.669. The molecule has 1 amide bonds. The Bertz CT molecular complexity index is 516. The Morgan fingerprint density at radius 2 is 2.24 bits per heavy atom. The van der Waals surface area contributed by atoms with Gasteiger partial charge in [-0.15, -0.1) is 0 Å². The Morgan fingerprint density at radius 1 is 1.53 bits per heavy atom. The van der Waals surface area contributed by atoms with E-state index in [0.717, 1.165) is 5.56 Å². The molecule has 17 heavy (non-hydrogen) atoms. The van der Waals surface area contributed by atoms with Gasteiger partial charge in [-0.3, -0.25) is 0 Å². The first kappa shape index (κ1) is 13.6. The van der Waals surface area contributed by atoms with Crippen molar-refractivity contribution in [3.05, 3.63) is 29.8 Å². The number of hydrogen-bond acceptors (Lipinski definition) is 3. The number of hydrogen-bond donors (Lipinski definition) is 1. The van der Waals surface area contributed by atoms with Crippen LogP contribution in [0.25, 0.3) is 0 Å². The minimum atomic E-state index is -2.70. The molecule has 94 valence electrons. The molecule has 0 spiro atoms. The summed E-state index contributed by atoms with van der Waals surface area (Å²) in [7, 11) is -2.70. The zero-order chi connectivity index (χ0) is 12.9. The van der Waals surface area contributed by atoms with Crippen LogP contribution in [-0.2, 0) is 14.4 Å². The average Bonchev–Trinajstić information content (AvgIpc) is 2.29. The fourth-order valence-corrected chi connectivity index (χ4v) is 2.80. The first-order chi connectivity index (χ1) is 8.01. The molecule has 0 aliphatic carbocycles. The summed E-state index contributed by atoms with van der Waals surface area (Å²) < 4.78 is 19.7. The molecule has 0 aliphatic heterocycles. The second kappa shape index (κ2) is 5.72. The van der Waals surface area contributed by atoms with Crippen molar-refractivity contribution in [2.75, 3.05) is 6.61 Å². The second-order valence-electron chi connectivity index (χ2n) is 3.48. The van der Waals surface area contributed by atoms with E-state index in [1.54, 1.807) is 32.0 Å². The van der Waals surface area contributed by atoms with E-state index in [1.807, 2.05) is 13.0 Å². The van der Waals surface area contributed by atoms with Gasteiger partial charge in [0.1, 0.15) is 0 Å². The molecule has 0 aliphatic rings. The van der Waals surface area contributed by atoms with Gasteiger partial charge in [-0.1, -0.05) is 12.1 Å². The smallest absolute Gasteiger partial charge is 0.418 e. The van der Waals surface area contributed by atoms with Gasteiger partial charge in [0.05, 0.1) is 21.2 Å². The van der Waals surface area contributed by atoms with Gasteiger partial charge in [-0.2, -0.15) is 0 Å². The summed E-state index contributed by atoms with van der Waals surface area (Å²) in [5, 5.41) is 1.48. The zero-order valence-electron chi connectivity index (χ0n) is 10.2. The maximum atomic E-state index is 12.5. The summed E-state index contributed by atoms with van der Waals surface area (Å²) in [6.45, 7) is 5.50. The molecule has 1 rings (SSSR count). The number of nitrogens with one attached hydrogen (secondary N) is 1. The lowest BCUT2D eigenvalue weighted by Crippen LogP contribution is -2.32. The number of carbonyl (C=O) groups excluding carboxylic acids is 1. The molecule has 1 unspecified atom stereocenters. The van der Waals surface area contributed by atoms with Crippen molar-refractivity contribution in [1.82, 2.24) is 4.72 Å². The molecule has 1 N–H and O–H groups in total. The van der Waals surface area contributed by atoms with E-state index in [9.17, 15) is 9.00 Å². The number of benzene rings is 1. The summed E-state index contributed by atoms with van der Waals surface area (Å²) in [4.78, 5) is 11.9. The summed E-state index contributed by atoms with van der Waals surface area (Å²) in [5.74, 6) is 0. The molecule has 0 radical (unpaired) electrons. The van der Waals surface area contributed by atoms with Crippen molar-refractivity contribution in [2.45, 2.75) is 25.7 Å². The molecule has 1 aromatic carbocycles. The maximum Gasteiger partial charge on any atom is 0.418 e. The Hall–Kier alpha value is -1.49. The van der Waals surface area contributed by atoms with Crippen LogP contribution in [0.15, 0.2) is 29.2 Å². The molecule has 4 nitrogen and oxygen atoms in total. The highest BCUT2D eigenvalue weighted by molar-refractivity contribution is 8.00. The van der Waals surface area contributed by atoms with Crippen molar-refractivity contribution in [1.29, 1.82) is 0 Å². The largest absolute Gasteiger partial charge is 0.449 e. The highest BCUT2D eigenvalue weighted by atomic mass is 32.2. The van der Waals surface area contributed by atoms with Crippen LogP contribution in [0.1, 0.15) is 19.4 Å². The fourth-order valence-electron chi connectivity index (χ4n) is 1.34. The maximum absolute atomic E-state index is 12.5. The number of amides is 1.